The lowest BCUT2D eigenvalue weighted by Crippen LogP contribution is -2.57. The Kier molecular flexibility index (Phi) is 9.23. The van der Waals surface area contributed by atoms with Gasteiger partial charge in [-0.05, 0) is 47.5 Å². The second-order valence-corrected chi connectivity index (χ2v) is 8.89. The third-order valence-electron chi connectivity index (χ3n) is 3.11. The largest absolute Gasteiger partial charge is 0.467 e. The Hall–Kier alpha value is -1.68. The standard InChI is InChI=1S/C16H29NO8S/c1-12(18)9-7-8-10-26(21,22)24-11-16(5,13(19)23-6)17-14(20)25-15(2,3)4/h7-11H2,1-6H3,(H,17,20). The molecule has 0 aromatic rings. The molecule has 1 N–H and O–H groups in total. The van der Waals surface area contributed by atoms with Crippen molar-refractivity contribution in [2.24, 2.45) is 0 Å². The van der Waals surface area contributed by atoms with E-state index in [1.54, 1.807) is 20.8 Å². The first-order valence-corrected chi connectivity index (χ1v) is 9.74. The van der Waals surface area contributed by atoms with Crippen LogP contribution >= 0.6 is 0 Å². The zero-order valence-electron chi connectivity index (χ0n) is 16.2. The van der Waals surface area contributed by atoms with Gasteiger partial charge in [0, 0.05) is 6.42 Å². The summed E-state index contributed by atoms with van der Waals surface area (Å²) < 4.78 is 38.4. The predicted octanol–water partition coefficient (Wildman–Crippen LogP) is 1.55. The zero-order chi connectivity index (χ0) is 20.6. The van der Waals surface area contributed by atoms with Crippen molar-refractivity contribution in [1.82, 2.24) is 5.32 Å². The SMILES string of the molecule is COC(=O)C(C)(COS(=O)(=O)CCCCC(C)=O)NC(=O)OC(C)(C)C. The molecule has 1 unspecified atom stereocenters. The Morgan fingerprint density at radius 1 is 1.04 bits per heavy atom. The fourth-order valence-corrected chi connectivity index (χ4v) is 2.91. The van der Waals surface area contributed by atoms with Crippen LogP contribution in [0.3, 0.4) is 0 Å². The van der Waals surface area contributed by atoms with Gasteiger partial charge in [-0.2, -0.15) is 8.42 Å². The van der Waals surface area contributed by atoms with Gasteiger partial charge in [0.1, 0.15) is 18.0 Å². The first kappa shape index (κ1) is 24.3. The fourth-order valence-electron chi connectivity index (χ4n) is 1.82. The minimum Gasteiger partial charge on any atom is -0.467 e. The molecule has 26 heavy (non-hydrogen) atoms. The number of carbonyl (C=O) groups is 3. The van der Waals surface area contributed by atoms with Gasteiger partial charge in [0.05, 0.1) is 12.9 Å². The fraction of sp³-hybridized carbons (Fsp3) is 0.812. The number of ether oxygens (including phenoxy) is 2. The maximum Gasteiger partial charge on any atom is 0.408 e. The first-order chi connectivity index (χ1) is 11.7. The quantitative estimate of drug-likeness (QED) is 0.335. The van der Waals surface area contributed by atoms with E-state index in [-0.39, 0.29) is 24.4 Å². The van der Waals surface area contributed by atoms with Crippen LogP contribution in [0.1, 0.15) is 53.9 Å². The first-order valence-electron chi connectivity index (χ1n) is 8.17. The molecule has 0 saturated carbocycles. The molecule has 9 nitrogen and oxygen atoms in total. The van der Waals surface area contributed by atoms with Crippen LogP contribution in [-0.2, 0) is 33.4 Å². The topological polar surface area (TPSA) is 125 Å². The summed E-state index contributed by atoms with van der Waals surface area (Å²) in [5.41, 5.74) is -2.55. The zero-order valence-corrected chi connectivity index (χ0v) is 17.0. The van der Waals surface area contributed by atoms with Gasteiger partial charge in [-0.25, -0.2) is 9.59 Å². The number of hydrogen-bond donors (Lipinski definition) is 1. The number of nitrogens with one attached hydrogen (secondary N) is 1. The van der Waals surface area contributed by atoms with E-state index in [4.69, 9.17) is 8.92 Å². The van der Waals surface area contributed by atoms with Crippen LogP contribution in [0.15, 0.2) is 0 Å². The molecule has 0 aromatic carbocycles. The van der Waals surface area contributed by atoms with E-state index >= 15 is 0 Å². The van der Waals surface area contributed by atoms with Crippen molar-refractivity contribution >= 4 is 28.0 Å². The number of methoxy groups -OCH3 is 1. The van der Waals surface area contributed by atoms with Gasteiger partial charge < -0.3 is 19.6 Å². The maximum absolute atomic E-state index is 12.0. The molecule has 10 heteroatoms. The van der Waals surface area contributed by atoms with E-state index in [9.17, 15) is 22.8 Å². The lowest BCUT2D eigenvalue weighted by Gasteiger charge is -2.29. The molecular weight excluding hydrogens is 366 g/mol. The average molecular weight is 395 g/mol. The summed E-state index contributed by atoms with van der Waals surface area (Å²) in [5.74, 6) is -1.21. The van der Waals surface area contributed by atoms with E-state index in [0.29, 0.717) is 6.42 Å². The molecule has 0 bridgehead atoms. The lowest BCUT2D eigenvalue weighted by molar-refractivity contribution is -0.149. The van der Waals surface area contributed by atoms with Crippen molar-refractivity contribution in [3.8, 4) is 0 Å². The molecular formula is C16H29NO8S. The highest BCUT2D eigenvalue weighted by molar-refractivity contribution is 7.86. The summed E-state index contributed by atoms with van der Waals surface area (Å²) in [7, 11) is -2.83. The highest BCUT2D eigenvalue weighted by Gasteiger charge is 2.39. The van der Waals surface area contributed by atoms with Gasteiger partial charge in [0.15, 0.2) is 5.54 Å². The molecule has 1 amide bonds. The van der Waals surface area contributed by atoms with Crippen molar-refractivity contribution in [2.45, 2.75) is 65.0 Å². The molecule has 0 radical (unpaired) electrons. The molecule has 1 atom stereocenters. The Labute approximate surface area is 154 Å². The normalized spacial score (nSPS) is 14.2. The summed E-state index contributed by atoms with van der Waals surface area (Å²) in [4.78, 5) is 34.7. The minimum absolute atomic E-state index is 0.0249. The Morgan fingerprint density at radius 2 is 1.62 bits per heavy atom. The van der Waals surface area contributed by atoms with Crippen molar-refractivity contribution in [3.05, 3.63) is 0 Å². The van der Waals surface area contributed by atoms with Crippen LogP contribution < -0.4 is 5.32 Å². The summed E-state index contributed by atoms with van der Waals surface area (Å²) >= 11 is 0. The van der Waals surface area contributed by atoms with Crippen molar-refractivity contribution in [3.63, 3.8) is 0 Å². The van der Waals surface area contributed by atoms with E-state index < -0.39 is 39.9 Å². The molecule has 0 aliphatic rings. The number of carbonyl (C=O) groups excluding carboxylic acids is 3. The molecule has 0 saturated heterocycles. The minimum atomic E-state index is -3.94. The van der Waals surface area contributed by atoms with Gasteiger partial charge in [-0.3, -0.25) is 4.18 Å². The van der Waals surface area contributed by atoms with Crippen LogP contribution in [0.4, 0.5) is 4.79 Å². The number of alkyl carbamates (subject to hydrolysis) is 1. The second kappa shape index (κ2) is 9.86. The van der Waals surface area contributed by atoms with Crippen molar-refractivity contribution < 1.29 is 36.5 Å². The van der Waals surface area contributed by atoms with Gasteiger partial charge >= 0.3 is 12.1 Å². The molecule has 0 rings (SSSR count). The van der Waals surface area contributed by atoms with Gasteiger partial charge in [0.2, 0.25) is 0 Å². The molecule has 152 valence electrons. The number of amides is 1. The number of unbranched alkanes of at least 4 members (excludes halogenated alkanes) is 1. The smallest absolute Gasteiger partial charge is 0.408 e. The molecule has 0 heterocycles. The van der Waals surface area contributed by atoms with E-state index in [1.807, 2.05) is 0 Å². The summed E-state index contributed by atoms with van der Waals surface area (Å²) in [5, 5.41) is 2.29. The number of rotatable bonds is 10. The Bertz CT molecular complexity index is 608. The summed E-state index contributed by atoms with van der Waals surface area (Å²) in [6.45, 7) is 6.98. The average Bonchev–Trinajstić information content (AvgIpc) is 2.46. The molecule has 0 aromatic heterocycles. The van der Waals surface area contributed by atoms with Crippen LogP contribution in [0, 0.1) is 0 Å². The van der Waals surface area contributed by atoms with Gasteiger partial charge in [-0.15, -0.1) is 0 Å². The van der Waals surface area contributed by atoms with Crippen molar-refractivity contribution in [1.29, 1.82) is 0 Å². The van der Waals surface area contributed by atoms with Gasteiger partial charge in [-0.1, -0.05) is 0 Å². The molecule has 0 spiro atoms. The van der Waals surface area contributed by atoms with E-state index in [2.05, 4.69) is 10.1 Å². The number of Topliss-reactive ketones (excluding diaryl/α,β-unsaturated/α-hetero) is 1. The summed E-state index contributed by atoms with van der Waals surface area (Å²) in [6.07, 6.45) is 0.0433. The molecule has 0 aliphatic carbocycles. The third-order valence-corrected chi connectivity index (χ3v) is 4.38. The Morgan fingerprint density at radius 3 is 2.08 bits per heavy atom. The highest BCUT2D eigenvalue weighted by Crippen LogP contribution is 2.14. The van der Waals surface area contributed by atoms with E-state index in [1.165, 1.54) is 13.8 Å². The second-order valence-electron chi connectivity index (χ2n) is 7.13. The van der Waals surface area contributed by atoms with Crippen LogP contribution in [-0.4, -0.2) is 56.9 Å². The predicted molar refractivity (Wildman–Crippen MR) is 94.1 cm³/mol. The van der Waals surface area contributed by atoms with Crippen LogP contribution in [0.25, 0.3) is 0 Å². The van der Waals surface area contributed by atoms with Crippen LogP contribution in [0.2, 0.25) is 0 Å². The summed E-state index contributed by atoms with van der Waals surface area (Å²) in [6, 6.07) is 0. The highest BCUT2D eigenvalue weighted by atomic mass is 32.2. The number of ketones is 1. The third kappa shape index (κ3) is 10.3. The lowest BCUT2D eigenvalue weighted by atomic mass is 10.1. The molecule has 0 fully saturated rings. The maximum atomic E-state index is 12.0. The van der Waals surface area contributed by atoms with Crippen molar-refractivity contribution in [2.75, 3.05) is 19.5 Å². The molecule has 0 aliphatic heterocycles. The van der Waals surface area contributed by atoms with Gasteiger partial charge in [0.25, 0.3) is 10.1 Å². The number of hydrogen-bond acceptors (Lipinski definition) is 8. The van der Waals surface area contributed by atoms with Crippen LogP contribution in [0.5, 0.6) is 0 Å². The number of esters is 1. The van der Waals surface area contributed by atoms with E-state index in [0.717, 1.165) is 7.11 Å². The Balaban J connectivity index is 4.87. The monoisotopic (exact) mass is 395 g/mol.